The lowest BCUT2D eigenvalue weighted by Crippen LogP contribution is -2.22. The van der Waals surface area contributed by atoms with E-state index in [-0.39, 0.29) is 11.7 Å². The van der Waals surface area contributed by atoms with Gasteiger partial charge < -0.3 is 14.8 Å². The Hall–Kier alpha value is -3.01. The van der Waals surface area contributed by atoms with Gasteiger partial charge in [0.05, 0.1) is 6.26 Å². The van der Waals surface area contributed by atoms with Crippen molar-refractivity contribution < 1.29 is 14.3 Å². The lowest BCUT2D eigenvalue weighted by atomic mass is 10.1. The van der Waals surface area contributed by atoms with Gasteiger partial charge in [0.2, 0.25) is 0 Å². The van der Waals surface area contributed by atoms with Crippen molar-refractivity contribution in [1.82, 2.24) is 5.32 Å². The van der Waals surface area contributed by atoms with Gasteiger partial charge in [-0.05, 0) is 29.3 Å². The van der Waals surface area contributed by atoms with E-state index in [0.717, 1.165) is 16.7 Å². The first kappa shape index (κ1) is 13.9. The summed E-state index contributed by atoms with van der Waals surface area (Å²) in [5, 5.41) is 12.1. The largest absolute Gasteiger partial charge is 0.508 e. The summed E-state index contributed by atoms with van der Waals surface area (Å²) in [4.78, 5) is 12.3. The number of aromatic hydroxyl groups is 1. The average molecular weight is 293 g/mol. The zero-order valence-corrected chi connectivity index (χ0v) is 11.8. The van der Waals surface area contributed by atoms with Gasteiger partial charge in [-0.25, -0.2) is 0 Å². The molecule has 0 aliphatic heterocycles. The van der Waals surface area contributed by atoms with E-state index in [4.69, 9.17) is 4.42 Å². The SMILES string of the molecule is O=C(NCc1ccc(O)cc1)c1occc1-c1ccccc1. The highest BCUT2D eigenvalue weighted by molar-refractivity contribution is 5.98. The standard InChI is InChI=1S/C18H15NO3/c20-15-8-6-13(7-9-15)12-19-18(21)17-16(10-11-22-17)14-4-2-1-3-5-14/h1-11,20H,12H2,(H,19,21). The summed E-state index contributed by atoms with van der Waals surface area (Å²) in [7, 11) is 0. The molecule has 0 saturated heterocycles. The molecular formula is C18H15NO3. The predicted molar refractivity (Wildman–Crippen MR) is 83.4 cm³/mol. The normalized spacial score (nSPS) is 10.4. The fourth-order valence-electron chi connectivity index (χ4n) is 2.21. The molecule has 2 aromatic carbocycles. The molecule has 0 radical (unpaired) electrons. The van der Waals surface area contributed by atoms with Gasteiger partial charge in [-0.3, -0.25) is 4.79 Å². The first-order valence-electron chi connectivity index (χ1n) is 6.93. The molecule has 0 fully saturated rings. The van der Waals surface area contributed by atoms with E-state index < -0.39 is 0 Å². The summed E-state index contributed by atoms with van der Waals surface area (Å²) in [6.07, 6.45) is 1.51. The third-order valence-corrected chi connectivity index (χ3v) is 3.35. The summed E-state index contributed by atoms with van der Waals surface area (Å²) in [6, 6.07) is 18.1. The molecule has 2 N–H and O–H groups in total. The van der Waals surface area contributed by atoms with Crippen LogP contribution in [0.1, 0.15) is 16.1 Å². The Morgan fingerprint density at radius 1 is 1.00 bits per heavy atom. The highest BCUT2D eigenvalue weighted by Crippen LogP contribution is 2.24. The second-order valence-electron chi connectivity index (χ2n) is 4.88. The highest BCUT2D eigenvalue weighted by atomic mass is 16.3. The molecule has 3 aromatic rings. The van der Waals surface area contributed by atoms with Crippen LogP contribution in [0.3, 0.4) is 0 Å². The fraction of sp³-hybridized carbons (Fsp3) is 0.0556. The van der Waals surface area contributed by atoms with Crippen LogP contribution in [0.15, 0.2) is 71.3 Å². The number of amides is 1. The van der Waals surface area contributed by atoms with Crippen molar-refractivity contribution in [2.45, 2.75) is 6.54 Å². The molecule has 0 aliphatic rings. The molecule has 22 heavy (non-hydrogen) atoms. The number of phenols is 1. The second-order valence-corrected chi connectivity index (χ2v) is 4.88. The molecule has 4 heteroatoms. The summed E-state index contributed by atoms with van der Waals surface area (Å²) in [5.41, 5.74) is 2.61. The van der Waals surface area contributed by atoms with Gasteiger partial charge in [-0.15, -0.1) is 0 Å². The van der Waals surface area contributed by atoms with Crippen molar-refractivity contribution >= 4 is 5.91 Å². The molecule has 0 bridgehead atoms. The smallest absolute Gasteiger partial charge is 0.287 e. The van der Waals surface area contributed by atoms with Crippen molar-refractivity contribution in [2.75, 3.05) is 0 Å². The molecule has 1 heterocycles. The van der Waals surface area contributed by atoms with Crippen LogP contribution in [-0.2, 0) is 6.54 Å². The fourth-order valence-corrected chi connectivity index (χ4v) is 2.21. The van der Waals surface area contributed by atoms with Gasteiger partial charge in [0, 0.05) is 12.1 Å². The van der Waals surface area contributed by atoms with Crippen LogP contribution in [0, 0.1) is 0 Å². The Morgan fingerprint density at radius 2 is 1.73 bits per heavy atom. The van der Waals surface area contributed by atoms with Gasteiger partial charge in [-0.1, -0.05) is 42.5 Å². The first-order chi connectivity index (χ1) is 10.7. The number of hydrogen-bond donors (Lipinski definition) is 2. The number of carbonyl (C=O) groups excluding carboxylic acids is 1. The van der Waals surface area contributed by atoms with Crippen LogP contribution in [0.2, 0.25) is 0 Å². The van der Waals surface area contributed by atoms with Crippen molar-refractivity contribution in [2.24, 2.45) is 0 Å². The maximum absolute atomic E-state index is 12.3. The highest BCUT2D eigenvalue weighted by Gasteiger charge is 2.16. The van der Waals surface area contributed by atoms with Crippen molar-refractivity contribution in [3.63, 3.8) is 0 Å². The summed E-state index contributed by atoms with van der Waals surface area (Å²) < 4.78 is 5.34. The minimum absolute atomic E-state index is 0.201. The first-order valence-corrected chi connectivity index (χ1v) is 6.93. The molecular weight excluding hydrogens is 278 g/mol. The van der Waals surface area contributed by atoms with E-state index in [2.05, 4.69) is 5.32 Å². The minimum Gasteiger partial charge on any atom is -0.508 e. The number of furan rings is 1. The number of carbonyl (C=O) groups is 1. The van der Waals surface area contributed by atoms with Gasteiger partial charge in [0.15, 0.2) is 5.76 Å². The second kappa shape index (κ2) is 6.18. The molecule has 0 unspecified atom stereocenters. The zero-order chi connectivity index (χ0) is 15.4. The van der Waals surface area contributed by atoms with Gasteiger partial charge in [0.25, 0.3) is 5.91 Å². The molecule has 110 valence electrons. The number of benzene rings is 2. The lowest BCUT2D eigenvalue weighted by molar-refractivity contribution is 0.0924. The van der Waals surface area contributed by atoms with Crippen molar-refractivity contribution in [3.8, 4) is 16.9 Å². The Bertz CT molecular complexity index is 761. The number of phenolic OH excluding ortho intramolecular Hbond substituents is 1. The summed E-state index contributed by atoms with van der Waals surface area (Å²) in [6.45, 7) is 0.369. The Balaban J connectivity index is 1.73. The predicted octanol–water partition coefficient (Wildman–Crippen LogP) is 3.58. The summed E-state index contributed by atoms with van der Waals surface area (Å²) >= 11 is 0. The maximum Gasteiger partial charge on any atom is 0.287 e. The molecule has 3 rings (SSSR count). The van der Waals surface area contributed by atoms with Gasteiger partial charge in [-0.2, -0.15) is 0 Å². The average Bonchev–Trinajstić information content (AvgIpc) is 3.04. The molecule has 0 saturated carbocycles. The van der Waals surface area contributed by atoms with E-state index in [1.54, 1.807) is 30.3 Å². The van der Waals surface area contributed by atoms with Crippen molar-refractivity contribution in [3.05, 3.63) is 78.3 Å². The maximum atomic E-state index is 12.3. The van der Waals surface area contributed by atoms with Gasteiger partial charge >= 0.3 is 0 Å². The number of rotatable bonds is 4. The third kappa shape index (κ3) is 3.01. The monoisotopic (exact) mass is 293 g/mol. The molecule has 1 aromatic heterocycles. The zero-order valence-electron chi connectivity index (χ0n) is 11.8. The van der Waals surface area contributed by atoms with Crippen LogP contribution in [0.5, 0.6) is 5.75 Å². The van der Waals surface area contributed by atoms with E-state index in [1.807, 2.05) is 30.3 Å². The van der Waals surface area contributed by atoms with E-state index >= 15 is 0 Å². The lowest BCUT2D eigenvalue weighted by Gasteiger charge is -2.06. The van der Waals surface area contributed by atoms with Crippen LogP contribution >= 0.6 is 0 Å². The van der Waals surface area contributed by atoms with Crippen molar-refractivity contribution in [1.29, 1.82) is 0 Å². The van der Waals surface area contributed by atoms with Crippen LogP contribution in [0.4, 0.5) is 0 Å². The topological polar surface area (TPSA) is 62.5 Å². The molecule has 0 spiro atoms. The molecule has 0 atom stereocenters. The quantitative estimate of drug-likeness (QED) is 0.773. The van der Waals surface area contributed by atoms with E-state index in [9.17, 15) is 9.90 Å². The van der Waals surface area contributed by atoms with E-state index in [1.165, 1.54) is 6.26 Å². The number of hydrogen-bond acceptors (Lipinski definition) is 3. The Labute approximate surface area is 128 Å². The minimum atomic E-state index is -0.267. The van der Waals surface area contributed by atoms with Crippen LogP contribution in [0.25, 0.3) is 11.1 Å². The van der Waals surface area contributed by atoms with Crippen LogP contribution < -0.4 is 5.32 Å². The van der Waals surface area contributed by atoms with Crippen LogP contribution in [-0.4, -0.2) is 11.0 Å². The van der Waals surface area contributed by atoms with E-state index in [0.29, 0.717) is 12.3 Å². The van der Waals surface area contributed by atoms with Gasteiger partial charge in [0.1, 0.15) is 5.75 Å². The molecule has 0 aliphatic carbocycles. The summed E-state index contributed by atoms with van der Waals surface area (Å²) in [5.74, 6) is 0.231. The number of nitrogens with one attached hydrogen (secondary N) is 1. The molecule has 4 nitrogen and oxygen atoms in total. The molecule has 1 amide bonds. The Kier molecular flexibility index (Phi) is 3.92. The third-order valence-electron chi connectivity index (χ3n) is 3.35. The Morgan fingerprint density at radius 3 is 2.45 bits per heavy atom.